The predicted molar refractivity (Wildman–Crippen MR) is 124 cm³/mol. The van der Waals surface area contributed by atoms with Crippen molar-refractivity contribution in [3.63, 3.8) is 0 Å². The van der Waals surface area contributed by atoms with Crippen molar-refractivity contribution in [1.82, 2.24) is 29.6 Å². The smallest absolute Gasteiger partial charge is 0.345 e. The maximum atomic E-state index is 13.4. The number of aryl methyl sites for hydroxylation is 1. The lowest BCUT2D eigenvalue weighted by Gasteiger charge is -2.11. The minimum absolute atomic E-state index is 0.440. The highest BCUT2D eigenvalue weighted by molar-refractivity contribution is 5.93. The Morgan fingerprint density at radius 2 is 1.86 bits per heavy atom. The van der Waals surface area contributed by atoms with E-state index in [4.69, 9.17) is 0 Å². The number of rotatable bonds is 5. The summed E-state index contributed by atoms with van der Waals surface area (Å²) < 4.78 is 40.1. The van der Waals surface area contributed by atoms with E-state index in [0.717, 1.165) is 27.6 Å². The minimum Gasteiger partial charge on any atom is -0.345 e. The van der Waals surface area contributed by atoms with Gasteiger partial charge in [-0.1, -0.05) is 18.2 Å². The number of benzene rings is 2. The van der Waals surface area contributed by atoms with Crippen LogP contribution in [0.2, 0.25) is 0 Å². The van der Waals surface area contributed by atoms with Crippen molar-refractivity contribution in [3.05, 3.63) is 77.1 Å². The van der Waals surface area contributed by atoms with E-state index in [1.54, 1.807) is 48.9 Å². The number of carbonyl (C=O) groups excluding carboxylic acids is 1. The monoisotopic (exact) mass is 480 g/mol. The molecule has 0 saturated carbocycles. The first-order valence-electron chi connectivity index (χ1n) is 10.6. The molecule has 5 aromatic rings. The van der Waals surface area contributed by atoms with E-state index in [1.165, 1.54) is 9.13 Å². The minimum atomic E-state index is -4.54. The summed E-state index contributed by atoms with van der Waals surface area (Å²) in [4.78, 5) is 29.8. The van der Waals surface area contributed by atoms with Gasteiger partial charge in [0, 0.05) is 17.1 Å². The highest BCUT2D eigenvalue weighted by Crippen LogP contribution is 2.29. The van der Waals surface area contributed by atoms with Crippen LogP contribution < -0.4 is 11.0 Å². The molecule has 11 heteroatoms. The molecule has 8 nitrogen and oxygen atoms in total. The fourth-order valence-electron chi connectivity index (χ4n) is 4.16. The van der Waals surface area contributed by atoms with Crippen molar-refractivity contribution in [2.45, 2.75) is 19.6 Å². The molecular formula is C24H19F3N6O2. The number of alkyl halides is 3. The zero-order valence-electron chi connectivity index (χ0n) is 18.4. The summed E-state index contributed by atoms with van der Waals surface area (Å²) in [6.07, 6.45) is 0.609. The fraction of sp³-hybridized carbons (Fsp3) is 0.167. The molecule has 0 fully saturated rings. The number of aromatic amines is 1. The van der Waals surface area contributed by atoms with Crippen LogP contribution in [0.3, 0.4) is 0 Å². The summed E-state index contributed by atoms with van der Waals surface area (Å²) in [6, 6.07) is 12.4. The lowest BCUT2D eigenvalue weighted by molar-refractivity contribution is -0.138. The van der Waals surface area contributed by atoms with E-state index in [-0.39, 0.29) is 0 Å². The number of fused-ring (bicyclic) bond motifs is 2. The molecule has 0 atom stereocenters. The highest BCUT2D eigenvalue weighted by atomic mass is 19.4. The lowest BCUT2D eigenvalue weighted by Crippen LogP contribution is -2.38. The van der Waals surface area contributed by atoms with E-state index < -0.39 is 30.9 Å². The van der Waals surface area contributed by atoms with Gasteiger partial charge < -0.3 is 5.32 Å². The van der Waals surface area contributed by atoms with Gasteiger partial charge in [-0.2, -0.15) is 18.3 Å². The first-order valence-corrected chi connectivity index (χ1v) is 10.6. The topological polar surface area (TPSA) is 97.6 Å². The van der Waals surface area contributed by atoms with Gasteiger partial charge in [0.25, 0.3) is 0 Å². The van der Waals surface area contributed by atoms with Gasteiger partial charge in [0.1, 0.15) is 13.1 Å². The van der Waals surface area contributed by atoms with Crippen LogP contribution >= 0.6 is 0 Å². The average Bonchev–Trinajstić information content (AvgIpc) is 3.41. The molecule has 0 aliphatic heterocycles. The molecule has 35 heavy (non-hydrogen) atoms. The molecule has 3 aromatic heterocycles. The molecule has 1 amide bonds. The first-order chi connectivity index (χ1) is 16.7. The highest BCUT2D eigenvalue weighted by Gasteiger charge is 2.28. The standard InChI is InChI=1S/C24H19F3N6O2/c1-14-8-15(16-9-28-11-18-17(16)10-30-31-18)6-7-19(14)33-21-5-3-2-4-20(21)32(23(33)35)12-22(34)29-13-24(25,26)27/h2-11H,12-13H2,1H3,(H,29,34)(H,30,31). The molecule has 0 saturated heterocycles. The van der Waals surface area contributed by atoms with Crippen LogP contribution in [0.4, 0.5) is 13.2 Å². The lowest BCUT2D eigenvalue weighted by atomic mass is 10.0. The summed E-state index contributed by atoms with van der Waals surface area (Å²) in [6.45, 7) is -0.137. The summed E-state index contributed by atoms with van der Waals surface area (Å²) in [5.74, 6) is -0.903. The maximum Gasteiger partial charge on any atom is 0.405 e. The van der Waals surface area contributed by atoms with Gasteiger partial charge in [-0.05, 0) is 42.3 Å². The molecule has 2 aromatic carbocycles. The van der Waals surface area contributed by atoms with E-state index >= 15 is 0 Å². The summed E-state index contributed by atoms with van der Waals surface area (Å²) in [5, 5.41) is 9.68. The second-order valence-corrected chi connectivity index (χ2v) is 8.10. The van der Waals surface area contributed by atoms with Gasteiger partial charge in [0.2, 0.25) is 5.91 Å². The molecule has 2 N–H and O–H groups in total. The van der Waals surface area contributed by atoms with E-state index in [9.17, 15) is 22.8 Å². The zero-order chi connectivity index (χ0) is 24.7. The number of amides is 1. The van der Waals surface area contributed by atoms with Gasteiger partial charge in [-0.25, -0.2) is 4.79 Å². The number of imidazole rings is 1. The molecule has 0 aliphatic rings. The molecule has 0 spiro atoms. The Morgan fingerprint density at radius 3 is 2.60 bits per heavy atom. The Labute approximate surface area is 196 Å². The maximum absolute atomic E-state index is 13.4. The summed E-state index contributed by atoms with van der Waals surface area (Å²) >= 11 is 0. The second-order valence-electron chi connectivity index (χ2n) is 8.10. The summed E-state index contributed by atoms with van der Waals surface area (Å²) in [5.41, 5.74) is 4.39. The van der Waals surface area contributed by atoms with E-state index in [2.05, 4.69) is 15.2 Å². The Bertz CT molecular complexity index is 1630. The SMILES string of the molecule is Cc1cc(-c2cncc3[nH]ncc23)ccc1-n1c(=O)n(CC(=O)NCC(F)(F)F)c2ccccc21. The van der Waals surface area contributed by atoms with Gasteiger partial charge in [-0.15, -0.1) is 0 Å². The van der Waals surface area contributed by atoms with Crippen molar-refractivity contribution in [3.8, 4) is 16.8 Å². The Balaban J connectivity index is 1.56. The van der Waals surface area contributed by atoms with Crippen molar-refractivity contribution in [1.29, 1.82) is 0 Å². The third-order valence-corrected chi connectivity index (χ3v) is 5.74. The van der Waals surface area contributed by atoms with Crippen LogP contribution in [0, 0.1) is 6.92 Å². The third-order valence-electron chi connectivity index (χ3n) is 5.74. The molecule has 0 radical (unpaired) electrons. The number of para-hydroxylation sites is 2. The summed E-state index contributed by atoms with van der Waals surface area (Å²) in [7, 11) is 0. The van der Waals surface area contributed by atoms with Crippen LogP contribution in [0.5, 0.6) is 0 Å². The average molecular weight is 480 g/mol. The first kappa shape index (κ1) is 22.4. The van der Waals surface area contributed by atoms with Gasteiger partial charge in [0.05, 0.1) is 34.6 Å². The van der Waals surface area contributed by atoms with E-state index in [0.29, 0.717) is 16.7 Å². The molecular weight excluding hydrogens is 461 g/mol. The number of nitrogens with zero attached hydrogens (tertiary/aromatic N) is 4. The van der Waals surface area contributed by atoms with Crippen LogP contribution in [-0.4, -0.2) is 42.9 Å². The zero-order valence-corrected chi connectivity index (χ0v) is 18.4. The van der Waals surface area contributed by atoms with Crippen molar-refractivity contribution in [2.75, 3.05) is 6.54 Å². The number of nitrogens with one attached hydrogen (secondary N) is 2. The normalized spacial score (nSPS) is 11.9. The Kier molecular flexibility index (Phi) is 5.39. The van der Waals surface area contributed by atoms with Crippen molar-refractivity contribution in [2.24, 2.45) is 0 Å². The molecule has 3 heterocycles. The third kappa shape index (κ3) is 4.16. The fourth-order valence-corrected chi connectivity index (χ4v) is 4.16. The molecule has 0 unspecified atom stereocenters. The largest absolute Gasteiger partial charge is 0.405 e. The molecule has 0 aliphatic carbocycles. The molecule has 178 valence electrons. The van der Waals surface area contributed by atoms with E-state index in [1.807, 2.05) is 24.4 Å². The number of H-pyrrole nitrogens is 1. The number of pyridine rings is 1. The van der Waals surface area contributed by atoms with Crippen LogP contribution in [0.1, 0.15) is 5.56 Å². The van der Waals surface area contributed by atoms with Crippen LogP contribution in [-0.2, 0) is 11.3 Å². The Hall–Kier alpha value is -4.41. The van der Waals surface area contributed by atoms with Gasteiger partial charge in [0.15, 0.2) is 0 Å². The molecule has 0 bridgehead atoms. The predicted octanol–water partition coefficient (Wildman–Crippen LogP) is 3.72. The number of hydrogen-bond acceptors (Lipinski definition) is 4. The number of carbonyl (C=O) groups is 1. The van der Waals surface area contributed by atoms with Gasteiger partial charge in [-0.3, -0.25) is 24.0 Å². The van der Waals surface area contributed by atoms with Crippen molar-refractivity contribution >= 4 is 27.8 Å². The number of hydrogen-bond donors (Lipinski definition) is 2. The van der Waals surface area contributed by atoms with Gasteiger partial charge >= 0.3 is 11.9 Å². The van der Waals surface area contributed by atoms with Crippen LogP contribution in [0.25, 0.3) is 38.8 Å². The second kappa shape index (κ2) is 8.42. The van der Waals surface area contributed by atoms with Crippen molar-refractivity contribution < 1.29 is 18.0 Å². The number of aromatic nitrogens is 5. The van der Waals surface area contributed by atoms with Crippen LogP contribution in [0.15, 0.2) is 65.8 Å². The number of halogens is 3. The Morgan fingerprint density at radius 1 is 1.09 bits per heavy atom. The quantitative estimate of drug-likeness (QED) is 0.401. The molecule has 5 rings (SSSR count).